The van der Waals surface area contributed by atoms with Crippen LogP contribution >= 0.6 is 23.5 Å². The molecular weight excluding hydrogens is 586 g/mol. The number of amidine groups is 1. The van der Waals surface area contributed by atoms with Crippen molar-refractivity contribution in [2.75, 3.05) is 6.54 Å². The minimum absolute atomic E-state index is 0.0349. The first kappa shape index (κ1) is 27.3. The third kappa shape index (κ3) is 7.17. The predicted octanol–water partition coefficient (Wildman–Crippen LogP) is 6.68. The normalized spacial score (nSPS) is 17.1. The quantitative estimate of drug-likeness (QED) is 0.152. The fourth-order valence-electron chi connectivity index (χ4n) is 3.76. The third-order valence-electron chi connectivity index (χ3n) is 5.57. The molecule has 1 atom stereocenters. The van der Waals surface area contributed by atoms with Gasteiger partial charge in [-0.1, -0.05) is 0 Å². The molecule has 4 rings (SSSR count). The van der Waals surface area contributed by atoms with Gasteiger partial charge in [0.15, 0.2) is 0 Å². The van der Waals surface area contributed by atoms with E-state index < -0.39 is 11.7 Å². The van der Waals surface area contributed by atoms with Gasteiger partial charge in [-0.15, -0.1) is 0 Å². The van der Waals surface area contributed by atoms with Crippen molar-refractivity contribution in [1.29, 1.82) is 0 Å². The number of alkyl halides is 3. The fraction of sp³-hybridized carbons (Fsp3) is 0.192. The van der Waals surface area contributed by atoms with Crippen LogP contribution < -0.4 is 5.73 Å². The molecule has 11 heteroatoms. The average molecular weight is 609 g/mol. The fourth-order valence-corrected chi connectivity index (χ4v) is 4.89. The second-order valence-electron chi connectivity index (χ2n) is 8.03. The molecule has 0 radical (unpaired) electrons. The summed E-state index contributed by atoms with van der Waals surface area (Å²) in [6.07, 6.45) is -3.71. The Kier molecular flexibility index (Phi) is 8.97. The summed E-state index contributed by atoms with van der Waals surface area (Å²) in [6.45, 7) is 0.506. The monoisotopic (exact) mass is 609 g/mol. The summed E-state index contributed by atoms with van der Waals surface area (Å²) in [5.74, 6) is 2.20. The van der Waals surface area contributed by atoms with E-state index in [9.17, 15) is 13.2 Å². The van der Waals surface area contributed by atoms with Crippen LogP contribution in [0.2, 0.25) is 10.8 Å². The van der Waals surface area contributed by atoms with E-state index in [1.807, 2.05) is 48.3 Å². The molecule has 37 heavy (non-hydrogen) atoms. The molecule has 3 aromatic rings. The van der Waals surface area contributed by atoms with Gasteiger partial charge in [0.2, 0.25) is 0 Å². The number of hydrazone groups is 1. The Morgan fingerprint density at radius 1 is 1.08 bits per heavy atom. The molecule has 0 aliphatic carbocycles. The zero-order valence-electron chi connectivity index (χ0n) is 19.7. The Labute approximate surface area is 229 Å². The summed E-state index contributed by atoms with van der Waals surface area (Å²) in [7, 11) is 0. The molecule has 5 nitrogen and oxygen atoms in total. The Bertz CT molecular complexity index is 1310. The Balaban J connectivity index is 1.73. The number of guanidine groups is 1. The molecule has 0 saturated heterocycles. The van der Waals surface area contributed by atoms with Gasteiger partial charge in [-0.25, -0.2) is 0 Å². The molecular formula is C26H23ClF3N5SSe. The second kappa shape index (κ2) is 12.2. The van der Waals surface area contributed by atoms with Crippen molar-refractivity contribution >= 4 is 54.9 Å². The van der Waals surface area contributed by atoms with Crippen molar-refractivity contribution in [3.63, 3.8) is 0 Å². The Morgan fingerprint density at radius 2 is 1.81 bits per heavy atom. The molecule has 1 aliphatic heterocycles. The van der Waals surface area contributed by atoms with Crippen molar-refractivity contribution in [1.82, 2.24) is 5.01 Å². The number of halogens is 4. The van der Waals surface area contributed by atoms with Crippen LogP contribution in [-0.2, 0) is 6.18 Å². The van der Waals surface area contributed by atoms with Gasteiger partial charge < -0.3 is 0 Å². The van der Waals surface area contributed by atoms with Crippen LogP contribution in [0.1, 0.15) is 29.0 Å². The molecule has 2 N–H and O–H groups in total. The number of hydrogen-bond donors (Lipinski definition) is 1. The second-order valence-corrected chi connectivity index (χ2v) is 11.0. The summed E-state index contributed by atoms with van der Waals surface area (Å²) in [6, 6.07) is 22.6. The van der Waals surface area contributed by atoms with Crippen molar-refractivity contribution < 1.29 is 13.2 Å². The van der Waals surface area contributed by atoms with E-state index in [1.54, 1.807) is 11.1 Å². The van der Waals surface area contributed by atoms with E-state index in [0.717, 1.165) is 47.3 Å². The van der Waals surface area contributed by atoms with Crippen molar-refractivity contribution in [3.8, 4) is 0 Å². The number of hydrogen-bond acceptors (Lipinski definition) is 3. The summed E-state index contributed by atoms with van der Waals surface area (Å²) in [5, 5.41) is 7.21. The average Bonchev–Trinajstić information content (AvgIpc) is 2.91. The van der Waals surface area contributed by atoms with E-state index in [1.165, 1.54) is 6.07 Å². The van der Waals surface area contributed by atoms with Crippen LogP contribution in [0.15, 0.2) is 98.2 Å². The molecule has 0 bridgehead atoms. The molecule has 0 amide bonds. The van der Waals surface area contributed by atoms with E-state index in [4.69, 9.17) is 22.4 Å². The molecule has 192 valence electrons. The summed E-state index contributed by atoms with van der Waals surface area (Å²) < 4.78 is 44.4. The summed E-state index contributed by atoms with van der Waals surface area (Å²) >= 11 is 6.95. The van der Waals surface area contributed by atoms with Crippen molar-refractivity contribution in [2.45, 2.75) is 29.2 Å². The van der Waals surface area contributed by atoms with Crippen LogP contribution in [0.25, 0.3) is 0 Å². The summed E-state index contributed by atoms with van der Waals surface area (Å²) in [4.78, 5) is 4.81. The van der Waals surface area contributed by atoms with Crippen LogP contribution in [-0.4, -0.2) is 42.9 Å². The number of rotatable bonds is 5. The van der Waals surface area contributed by atoms with Gasteiger partial charge in [0.1, 0.15) is 0 Å². The van der Waals surface area contributed by atoms with E-state index in [0.29, 0.717) is 21.2 Å². The number of aliphatic imine (C=N–C) groups is 1. The van der Waals surface area contributed by atoms with Gasteiger partial charge in [0.05, 0.1) is 0 Å². The minimum atomic E-state index is -4.44. The molecule has 0 aromatic heterocycles. The van der Waals surface area contributed by atoms with Gasteiger partial charge in [-0.3, -0.25) is 0 Å². The Morgan fingerprint density at radius 3 is 2.49 bits per heavy atom. The molecule has 0 fully saturated rings. The van der Waals surface area contributed by atoms with Gasteiger partial charge >= 0.3 is 230 Å². The topological polar surface area (TPSA) is 66.3 Å². The predicted molar refractivity (Wildman–Crippen MR) is 146 cm³/mol. The SMILES string of the molecule is C[Se]/C(N)=N\C(=N\Sc1cccc(C(F)(F)F)c1)N1CCC(c2ccccc2)C(c2ccc(Cl)cc2)=N1. The zero-order valence-corrected chi connectivity index (χ0v) is 23.0. The van der Waals surface area contributed by atoms with Crippen LogP contribution in [0, 0.1) is 0 Å². The van der Waals surface area contributed by atoms with Crippen molar-refractivity contribution in [2.24, 2.45) is 20.2 Å². The molecule has 0 saturated carbocycles. The first-order chi connectivity index (χ1) is 17.7. The molecule has 1 unspecified atom stereocenters. The maximum atomic E-state index is 13.2. The van der Waals surface area contributed by atoms with E-state index in [-0.39, 0.29) is 26.8 Å². The van der Waals surface area contributed by atoms with Gasteiger partial charge in [0.25, 0.3) is 0 Å². The van der Waals surface area contributed by atoms with E-state index in [2.05, 4.69) is 21.5 Å². The molecule has 0 spiro atoms. The standard InChI is InChI=1S/C26H23ClF3N5SSe/c1-37-24(31)32-25(34-36-21-9-5-8-19(16-21)26(28,29)30)35-15-14-22(17-6-3-2-4-7-17)23(33-35)18-10-12-20(27)13-11-18/h2-13,16,22H,14-15H2,1H3,(H2,31,32,34). The maximum absolute atomic E-state index is 13.2. The first-order valence-corrected chi connectivity index (χ1v) is 14.9. The zero-order chi connectivity index (χ0) is 26.4. The van der Waals surface area contributed by atoms with Gasteiger partial charge in [0, 0.05) is 0 Å². The number of nitrogens with zero attached hydrogens (tertiary/aromatic N) is 4. The number of benzene rings is 3. The van der Waals surface area contributed by atoms with Gasteiger partial charge in [-0.05, 0) is 0 Å². The van der Waals surface area contributed by atoms with Crippen LogP contribution in [0.5, 0.6) is 0 Å². The molecule has 1 heterocycles. The molecule has 1 aliphatic rings. The van der Waals surface area contributed by atoms with E-state index >= 15 is 0 Å². The van der Waals surface area contributed by atoms with Crippen molar-refractivity contribution in [3.05, 3.63) is 101 Å². The molecule has 3 aromatic carbocycles. The third-order valence-corrected chi connectivity index (χ3v) is 7.61. The first-order valence-electron chi connectivity index (χ1n) is 11.2. The Hall–Kier alpha value is -2.78. The number of nitrogens with two attached hydrogens (primary N) is 1. The van der Waals surface area contributed by atoms with Crippen LogP contribution in [0.4, 0.5) is 13.2 Å². The van der Waals surface area contributed by atoms with Crippen LogP contribution in [0.3, 0.4) is 0 Å². The summed E-state index contributed by atoms with van der Waals surface area (Å²) in [5.41, 5.74) is 8.19. The van der Waals surface area contributed by atoms with Gasteiger partial charge in [-0.2, -0.15) is 0 Å².